The van der Waals surface area contributed by atoms with Crippen molar-refractivity contribution in [2.24, 2.45) is 0 Å². The van der Waals surface area contributed by atoms with Crippen LogP contribution in [0.2, 0.25) is 0 Å². The Morgan fingerprint density at radius 2 is 1.86 bits per heavy atom. The third-order valence-electron chi connectivity index (χ3n) is 3.50. The lowest BCUT2D eigenvalue weighted by atomic mass is 10.0. The van der Waals surface area contributed by atoms with Crippen molar-refractivity contribution in [1.29, 1.82) is 0 Å². The van der Waals surface area contributed by atoms with Gasteiger partial charge < -0.3 is 5.73 Å². The van der Waals surface area contributed by atoms with Crippen molar-refractivity contribution in [2.75, 3.05) is 5.73 Å². The maximum atomic E-state index is 13.8. The first-order valence-corrected chi connectivity index (χ1v) is 6.71. The van der Waals surface area contributed by atoms with E-state index in [4.69, 9.17) is 5.73 Å². The van der Waals surface area contributed by atoms with E-state index in [1.165, 1.54) is 6.07 Å². The summed E-state index contributed by atoms with van der Waals surface area (Å²) in [5.74, 6) is -0.972. The van der Waals surface area contributed by atoms with Crippen molar-refractivity contribution in [2.45, 2.75) is 19.8 Å². The van der Waals surface area contributed by atoms with Crippen LogP contribution < -0.4 is 5.73 Å². The number of fused-ring (bicyclic) bond motifs is 1. The first kappa shape index (κ1) is 13.5. The highest BCUT2D eigenvalue weighted by atomic mass is 19.1. The molecule has 0 radical (unpaired) electrons. The average Bonchev–Trinajstić information content (AvgIpc) is 2.75. The maximum Gasteiger partial charge on any atom is 0.206 e. The van der Waals surface area contributed by atoms with Gasteiger partial charge in [-0.25, -0.2) is 13.8 Å². The Bertz CT molecular complexity index is 822. The molecule has 2 N–H and O–H groups in total. The Balaban J connectivity index is 2.38. The summed E-state index contributed by atoms with van der Waals surface area (Å²) in [6.45, 7) is 4.10. The van der Waals surface area contributed by atoms with Crippen molar-refractivity contribution in [3.63, 3.8) is 0 Å². The van der Waals surface area contributed by atoms with Crippen molar-refractivity contribution in [3.05, 3.63) is 53.6 Å². The molecule has 0 saturated carbocycles. The zero-order valence-electron chi connectivity index (χ0n) is 11.8. The third kappa shape index (κ3) is 2.14. The summed E-state index contributed by atoms with van der Waals surface area (Å²) < 4.78 is 29.0. The fourth-order valence-electron chi connectivity index (χ4n) is 2.55. The number of aromatic nitrogens is 2. The Labute approximate surface area is 121 Å². The van der Waals surface area contributed by atoms with Crippen molar-refractivity contribution in [1.82, 2.24) is 9.55 Å². The number of nitrogen functional groups attached to an aromatic ring is 1. The van der Waals surface area contributed by atoms with E-state index in [0.29, 0.717) is 5.52 Å². The van der Waals surface area contributed by atoms with Gasteiger partial charge in [-0.05, 0) is 17.5 Å². The number of nitrogens with two attached hydrogens (primary N) is 1. The number of hydrogen-bond acceptors (Lipinski definition) is 2. The van der Waals surface area contributed by atoms with Crippen LogP contribution in [0.25, 0.3) is 16.7 Å². The molecule has 5 heteroatoms. The molecule has 0 fully saturated rings. The minimum Gasteiger partial charge on any atom is -0.369 e. The Kier molecular flexibility index (Phi) is 3.12. The second kappa shape index (κ2) is 4.84. The normalized spacial score (nSPS) is 11.5. The number of nitrogens with zero attached hydrogens (tertiary/aromatic N) is 2. The van der Waals surface area contributed by atoms with Gasteiger partial charge in [-0.3, -0.25) is 4.57 Å². The Hall–Kier alpha value is -2.43. The first-order chi connectivity index (χ1) is 9.99. The SMILES string of the molecule is CC(C)c1ccccc1-n1c(N)nc2c(F)cc(F)cc21. The molecule has 0 atom stereocenters. The molecule has 0 aliphatic heterocycles. The van der Waals surface area contributed by atoms with Crippen LogP contribution >= 0.6 is 0 Å². The third-order valence-corrected chi connectivity index (χ3v) is 3.50. The zero-order valence-corrected chi connectivity index (χ0v) is 11.8. The molecule has 1 heterocycles. The van der Waals surface area contributed by atoms with Crippen LogP contribution in [-0.2, 0) is 0 Å². The molecule has 0 aliphatic rings. The van der Waals surface area contributed by atoms with E-state index < -0.39 is 11.6 Å². The fraction of sp³-hybridized carbons (Fsp3) is 0.188. The molecule has 108 valence electrons. The first-order valence-electron chi connectivity index (χ1n) is 6.71. The predicted octanol–water partition coefficient (Wildman–Crippen LogP) is 4.01. The number of benzene rings is 2. The summed E-state index contributed by atoms with van der Waals surface area (Å²) in [5.41, 5.74) is 8.17. The van der Waals surface area contributed by atoms with Gasteiger partial charge in [0.05, 0.1) is 11.2 Å². The average molecular weight is 287 g/mol. The largest absolute Gasteiger partial charge is 0.369 e. The molecule has 0 unspecified atom stereocenters. The molecule has 3 rings (SSSR count). The quantitative estimate of drug-likeness (QED) is 0.774. The number of hydrogen-bond donors (Lipinski definition) is 1. The summed E-state index contributed by atoms with van der Waals surface area (Å²) in [7, 11) is 0. The lowest BCUT2D eigenvalue weighted by Gasteiger charge is -2.15. The van der Waals surface area contributed by atoms with Gasteiger partial charge >= 0.3 is 0 Å². The van der Waals surface area contributed by atoms with Gasteiger partial charge in [-0.2, -0.15) is 0 Å². The minimum atomic E-state index is -0.711. The second-order valence-corrected chi connectivity index (χ2v) is 5.27. The van der Waals surface area contributed by atoms with Gasteiger partial charge in [-0.15, -0.1) is 0 Å². The molecular formula is C16H15F2N3. The van der Waals surface area contributed by atoms with Gasteiger partial charge in [0.25, 0.3) is 0 Å². The number of imidazole rings is 1. The zero-order chi connectivity index (χ0) is 15.1. The van der Waals surface area contributed by atoms with Gasteiger partial charge in [0.1, 0.15) is 11.3 Å². The molecule has 3 nitrogen and oxygen atoms in total. The molecule has 0 saturated heterocycles. The second-order valence-electron chi connectivity index (χ2n) is 5.27. The van der Waals surface area contributed by atoms with Crippen LogP contribution in [0.1, 0.15) is 25.3 Å². The predicted molar refractivity (Wildman–Crippen MR) is 79.5 cm³/mol. The number of halogens is 2. The monoisotopic (exact) mass is 287 g/mol. The summed E-state index contributed by atoms with van der Waals surface area (Å²) >= 11 is 0. The van der Waals surface area contributed by atoms with Crippen LogP contribution in [0.4, 0.5) is 14.7 Å². The van der Waals surface area contributed by atoms with Crippen LogP contribution in [0.15, 0.2) is 36.4 Å². The van der Waals surface area contributed by atoms with Gasteiger partial charge in [0.15, 0.2) is 5.82 Å². The van der Waals surface area contributed by atoms with E-state index in [0.717, 1.165) is 17.3 Å². The maximum absolute atomic E-state index is 13.8. The van der Waals surface area contributed by atoms with E-state index in [9.17, 15) is 8.78 Å². The smallest absolute Gasteiger partial charge is 0.206 e. The van der Waals surface area contributed by atoms with Crippen molar-refractivity contribution in [3.8, 4) is 5.69 Å². The number of rotatable bonds is 2. The minimum absolute atomic E-state index is 0.0764. The van der Waals surface area contributed by atoms with E-state index in [2.05, 4.69) is 18.8 Å². The van der Waals surface area contributed by atoms with Gasteiger partial charge in [0.2, 0.25) is 5.95 Å². The topological polar surface area (TPSA) is 43.8 Å². The molecule has 0 spiro atoms. The van der Waals surface area contributed by atoms with Crippen molar-refractivity contribution < 1.29 is 8.78 Å². The molecule has 1 aromatic heterocycles. The number of para-hydroxylation sites is 1. The summed E-state index contributed by atoms with van der Waals surface area (Å²) in [6, 6.07) is 9.69. The van der Waals surface area contributed by atoms with E-state index >= 15 is 0 Å². The summed E-state index contributed by atoms with van der Waals surface area (Å²) in [6.07, 6.45) is 0. The number of anilines is 1. The Morgan fingerprint density at radius 3 is 2.57 bits per heavy atom. The van der Waals surface area contributed by atoms with E-state index in [1.807, 2.05) is 24.3 Å². The molecule has 0 amide bonds. The summed E-state index contributed by atoms with van der Waals surface area (Å²) in [5, 5.41) is 0. The molecule has 2 aromatic carbocycles. The molecular weight excluding hydrogens is 272 g/mol. The van der Waals surface area contributed by atoms with Crippen LogP contribution in [-0.4, -0.2) is 9.55 Å². The van der Waals surface area contributed by atoms with Gasteiger partial charge in [-0.1, -0.05) is 32.0 Å². The lowest BCUT2D eigenvalue weighted by molar-refractivity contribution is 0.590. The summed E-state index contributed by atoms with van der Waals surface area (Å²) in [4.78, 5) is 4.03. The van der Waals surface area contributed by atoms with E-state index in [-0.39, 0.29) is 17.4 Å². The highest BCUT2D eigenvalue weighted by Gasteiger charge is 2.17. The standard InChI is InChI=1S/C16H15F2N3/c1-9(2)11-5-3-4-6-13(11)21-14-8-10(17)7-12(18)15(14)20-16(21)19/h3-9H,1-2H3,(H2,19,20). The van der Waals surface area contributed by atoms with Crippen LogP contribution in [0.3, 0.4) is 0 Å². The lowest BCUT2D eigenvalue weighted by Crippen LogP contribution is -2.05. The highest BCUT2D eigenvalue weighted by molar-refractivity contribution is 5.82. The highest BCUT2D eigenvalue weighted by Crippen LogP contribution is 2.30. The fourth-order valence-corrected chi connectivity index (χ4v) is 2.55. The van der Waals surface area contributed by atoms with Crippen molar-refractivity contribution >= 4 is 17.0 Å². The molecule has 0 bridgehead atoms. The molecule has 21 heavy (non-hydrogen) atoms. The van der Waals surface area contributed by atoms with Crippen LogP contribution in [0, 0.1) is 11.6 Å². The van der Waals surface area contributed by atoms with Crippen LogP contribution in [0.5, 0.6) is 0 Å². The Morgan fingerprint density at radius 1 is 1.14 bits per heavy atom. The van der Waals surface area contributed by atoms with Gasteiger partial charge in [0, 0.05) is 12.1 Å². The van der Waals surface area contributed by atoms with E-state index in [1.54, 1.807) is 4.57 Å². The molecule has 0 aliphatic carbocycles. The molecule has 3 aromatic rings.